The van der Waals surface area contributed by atoms with E-state index in [9.17, 15) is 0 Å². The third-order valence-corrected chi connectivity index (χ3v) is 2.40. The summed E-state index contributed by atoms with van der Waals surface area (Å²) in [7, 11) is 0. The van der Waals surface area contributed by atoms with Crippen LogP contribution in [0.15, 0.2) is 0 Å². The van der Waals surface area contributed by atoms with E-state index in [0.717, 1.165) is 13.0 Å². The van der Waals surface area contributed by atoms with E-state index in [1.807, 2.05) is 0 Å². The predicted molar refractivity (Wildman–Crippen MR) is 46.5 cm³/mol. The summed E-state index contributed by atoms with van der Waals surface area (Å²) < 4.78 is 5.43. The van der Waals surface area contributed by atoms with Gasteiger partial charge in [0.15, 0.2) is 0 Å². The molecule has 0 heterocycles. The van der Waals surface area contributed by atoms with Gasteiger partial charge in [0.05, 0.1) is 6.10 Å². The van der Waals surface area contributed by atoms with Crippen LogP contribution in [0, 0.1) is 0 Å². The van der Waals surface area contributed by atoms with Crippen LogP contribution in [0.3, 0.4) is 0 Å². The van der Waals surface area contributed by atoms with Crippen molar-refractivity contribution < 1.29 is 4.74 Å². The lowest BCUT2D eigenvalue weighted by molar-refractivity contribution is 0.0529. The summed E-state index contributed by atoms with van der Waals surface area (Å²) in [5, 5.41) is 0. The van der Waals surface area contributed by atoms with E-state index in [2.05, 4.69) is 13.8 Å². The van der Waals surface area contributed by atoms with E-state index >= 15 is 0 Å². The van der Waals surface area contributed by atoms with Crippen molar-refractivity contribution in [3.8, 4) is 0 Å². The second-order valence-corrected chi connectivity index (χ2v) is 3.89. The third kappa shape index (κ3) is 2.80. The molecule has 11 heavy (non-hydrogen) atoms. The zero-order chi connectivity index (χ0) is 8.32. The molecule has 1 rings (SSSR count). The summed E-state index contributed by atoms with van der Waals surface area (Å²) in [6, 6.07) is 0. The van der Waals surface area contributed by atoms with E-state index in [0.29, 0.717) is 6.10 Å². The molecular formula is C9H19NO. The van der Waals surface area contributed by atoms with Crippen molar-refractivity contribution in [1.82, 2.24) is 0 Å². The van der Waals surface area contributed by atoms with Gasteiger partial charge in [-0.1, -0.05) is 0 Å². The van der Waals surface area contributed by atoms with Crippen molar-refractivity contribution in [2.24, 2.45) is 5.73 Å². The first-order chi connectivity index (χ1) is 5.12. The van der Waals surface area contributed by atoms with Crippen LogP contribution >= 0.6 is 0 Å². The molecule has 0 saturated heterocycles. The molecule has 0 atom stereocenters. The molecule has 1 aliphatic carbocycles. The summed E-state index contributed by atoms with van der Waals surface area (Å²) in [5.41, 5.74) is 6.14. The smallest absolute Gasteiger partial charge is 0.0518 e. The van der Waals surface area contributed by atoms with Crippen LogP contribution in [0.5, 0.6) is 0 Å². The lowest BCUT2D eigenvalue weighted by Gasteiger charge is -2.38. The predicted octanol–water partition coefficient (Wildman–Crippen LogP) is 1.68. The highest BCUT2D eigenvalue weighted by Crippen LogP contribution is 2.31. The Morgan fingerprint density at radius 1 is 1.45 bits per heavy atom. The molecule has 2 heteroatoms. The van der Waals surface area contributed by atoms with Gasteiger partial charge >= 0.3 is 0 Å². The fraction of sp³-hybridized carbons (Fsp3) is 1.00. The van der Waals surface area contributed by atoms with Gasteiger partial charge in [-0.3, -0.25) is 0 Å². The highest BCUT2D eigenvalue weighted by atomic mass is 16.5. The molecule has 0 unspecified atom stereocenters. The maximum absolute atomic E-state index is 6.01. The lowest BCUT2D eigenvalue weighted by Crippen LogP contribution is -2.47. The molecule has 0 aromatic rings. The van der Waals surface area contributed by atoms with Gasteiger partial charge in [-0.05, 0) is 39.5 Å². The Morgan fingerprint density at radius 2 is 2.09 bits per heavy atom. The fourth-order valence-electron chi connectivity index (χ4n) is 1.38. The molecule has 2 N–H and O–H groups in total. The minimum absolute atomic E-state index is 0.134. The average Bonchev–Trinajstić information content (AvgIpc) is 1.83. The first-order valence-corrected chi connectivity index (χ1v) is 4.53. The van der Waals surface area contributed by atoms with Crippen LogP contribution in [0.1, 0.15) is 39.5 Å². The van der Waals surface area contributed by atoms with Gasteiger partial charge in [0.25, 0.3) is 0 Å². The summed E-state index contributed by atoms with van der Waals surface area (Å²) >= 11 is 0. The highest BCUT2D eigenvalue weighted by molar-refractivity contribution is 4.92. The van der Waals surface area contributed by atoms with E-state index < -0.39 is 0 Å². The first-order valence-electron chi connectivity index (χ1n) is 4.53. The Balaban J connectivity index is 2.02. The van der Waals surface area contributed by atoms with Crippen LogP contribution in [-0.2, 0) is 4.74 Å². The molecule has 0 aromatic heterocycles. The third-order valence-electron chi connectivity index (χ3n) is 2.40. The van der Waals surface area contributed by atoms with E-state index in [4.69, 9.17) is 10.5 Å². The van der Waals surface area contributed by atoms with E-state index in [1.165, 1.54) is 19.3 Å². The fourth-order valence-corrected chi connectivity index (χ4v) is 1.38. The second kappa shape index (κ2) is 3.55. The SMILES string of the molecule is CC(C)OCCC1(N)CCC1. The van der Waals surface area contributed by atoms with Crippen LogP contribution in [0.25, 0.3) is 0 Å². The Morgan fingerprint density at radius 3 is 2.45 bits per heavy atom. The highest BCUT2D eigenvalue weighted by Gasteiger charge is 2.31. The monoisotopic (exact) mass is 157 g/mol. The van der Waals surface area contributed by atoms with Crippen molar-refractivity contribution in [2.45, 2.75) is 51.2 Å². The van der Waals surface area contributed by atoms with Crippen LogP contribution in [-0.4, -0.2) is 18.2 Å². The second-order valence-electron chi connectivity index (χ2n) is 3.89. The topological polar surface area (TPSA) is 35.2 Å². The van der Waals surface area contributed by atoms with Gasteiger partial charge in [-0.2, -0.15) is 0 Å². The molecule has 0 aromatic carbocycles. The molecule has 1 aliphatic rings. The van der Waals surface area contributed by atoms with E-state index in [1.54, 1.807) is 0 Å². The van der Waals surface area contributed by atoms with Gasteiger partial charge < -0.3 is 10.5 Å². The van der Waals surface area contributed by atoms with Gasteiger partial charge in [-0.25, -0.2) is 0 Å². The van der Waals surface area contributed by atoms with Crippen LogP contribution in [0.4, 0.5) is 0 Å². The van der Waals surface area contributed by atoms with Gasteiger partial charge in [0, 0.05) is 12.1 Å². The Bertz CT molecular complexity index is 119. The van der Waals surface area contributed by atoms with Gasteiger partial charge in [0.1, 0.15) is 0 Å². The largest absolute Gasteiger partial charge is 0.379 e. The first kappa shape index (κ1) is 9.01. The number of hydrogen-bond donors (Lipinski definition) is 1. The summed E-state index contributed by atoms with van der Waals surface area (Å²) in [6.45, 7) is 4.95. The Labute approximate surface area is 69.1 Å². The van der Waals surface area contributed by atoms with Crippen molar-refractivity contribution in [1.29, 1.82) is 0 Å². The Hall–Kier alpha value is -0.0800. The quantitative estimate of drug-likeness (QED) is 0.674. The molecule has 1 saturated carbocycles. The molecule has 2 nitrogen and oxygen atoms in total. The number of nitrogens with two attached hydrogens (primary N) is 1. The summed E-state index contributed by atoms with van der Waals surface area (Å²) in [6.07, 6.45) is 5.06. The minimum Gasteiger partial charge on any atom is -0.379 e. The van der Waals surface area contributed by atoms with E-state index in [-0.39, 0.29) is 5.54 Å². The molecule has 1 fully saturated rings. The number of hydrogen-bond acceptors (Lipinski definition) is 2. The molecule has 0 aliphatic heterocycles. The van der Waals surface area contributed by atoms with Crippen molar-refractivity contribution in [3.05, 3.63) is 0 Å². The van der Waals surface area contributed by atoms with Crippen LogP contribution in [0.2, 0.25) is 0 Å². The molecule has 0 bridgehead atoms. The van der Waals surface area contributed by atoms with Gasteiger partial charge in [-0.15, -0.1) is 0 Å². The standard InChI is InChI=1S/C9H19NO/c1-8(2)11-7-6-9(10)4-3-5-9/h8H,3-7,10H2,1-2H3. The lowest BCUT2D eigenvalue weighted by atomic mass is 9.76. The summed E-state index contributed by atoms with van der Waals surface area (Å²) in [4.78, 5) is 0. The van der Waals surface area contributed by atoms with Crippen molar-refractivity contribution >= 4 is 0 Å². The zero-order valence-corrected chi connectivity index (χ0v) is 7.60. The van der Waals surface area contributed by atoms with Crippen LogP contribution < -0.4 is 5.73 Å². The number of rotatable bonds is 4. The molecular weight excluding hydrogens is 138 g/mol. The van der Waals surface area contributed by atoms with Crippen molar-refractivity contribution in [3.63, 3.8) is 0 Å². The number of ether oxygens (including phenoxy) is 1. The van der Waals surface area contributed by atoms with Gasteiger partial charge in [0.2, 0.25) is 0 Å². The zero-order valence-electron chi connectivity index (χ0n) is 7.60. The molecule has 0 amide bonds. The average molecular weight is 157 g/mol. The molecule has 0 spiro atoms. The molecule has 66 valence electrons. The maximum atomic E-state index is 6.01. The normalized spacial score (nSPS) is 21.8. The maximum Gasteiger partial charge on any atom is 0.0518 e. The minimum atomic E-state index is 0.134. The summed E-state index contributed by atoms with van der Waals surface area (Å²) in [5.74, 6) is 0. The molecule has 0 radical (unpaired) electrons. The Kier molecular flexibility index (Phi) is 2.90. The van der Waals surface area contributed by atoms with Crippen molar-refractivity contribution in [2.75, 3.05) is 6.61 Å².